The highest BCUT2D eigenvalue weighted by Crippen LogP contribution is 2.28. The highest BCUT2D eigenvalue weighted by Gasteiger charge is 2.44. The smallest absolute Gasteiger partial charge is 0.341 e. The molecule has 0 amide bonds. The number of methoxy groups -OCH3 is 1. The van der Waals surface area contributed by atoms with Crippen LogP contribution in [0.4, 0.5) is 0 Å². The van der Waals surface area contributed by atoms with Crippen molar-refractivity contribution in [3.8, 4) is 6.01 Å². The molecule has 160 valence electrons. The van der Waals surface area contributed by atoms with Gasteiger partial charge in [-0.05, 0) is 6.08 Å². The van der Waals surface area contributed by atoms with Crippen LogP contribution in [0.1, 0.15) is 22.1 Å². The summed E-state index contributed by atoms with van der Waals surface area (Å²) >= 11 is 5.47. The van der Waals surface area contributed by atoms with Crippen molar-refractivity contribution in [2.45, 2.75) is 24.5 Å². The number of halogens is 1. The molecule has 3 rings (SSSR count). The number of esters is 1. The number of aliphatic hydroxyl groups excluding tert-OH is 2. The number of hydrogen-bond donors (Lipinski definition) is 3. The minimum absolute atomic E-state index is 0.0317. The van der Waals surface area contributed by atoms with Crippen LogP contribution in [0.3, 0.4) is 0 Å². The zero-order valence-corrected chi connectivity index (χ0v) is 16.2. The van der Waals surface area contributed by atoms with E-state index in [4.69, 9.17) is 25.8 Å². The van der Waals surface area contributed by atoms with E-state index in [9.17, 15) is 24.6 Å². The molecule has 1 aliphatic rings. The molecule has 0 spiro atoms. The van der Waals surface area contributed by atoms with Gasteiger partial charge in [0.1, 0.15) is 24.9 Å². The Morgan fingerprint density at radius 2 is 2.03 bits per heavy atom. The molecule has 0 unspecified atom stereocenters. The van der Waals surface area contributed by atoms with Crippen LogP contribution in [-0.2, 0) is 9.47 Å². The molecule has 0 aromatic carbocycles. The topological polar surface area (TPSA) is 166 Å². The van der Waals surface area contributed by atoms with Crippen molar-refractivity contribution >= 4 is 23.6 Å². The molecule has 1 saturated heterocycles. The van der Waals surface area contributed by atoms with Crippen LogP contribution in [0.15, 0.2) is 33.7 Å². The Morgan fingerprint density at radius 3 is 2.67 bits per heavy atom. The molecule has 2 aromatic heterocycles. The van der Waals surface area contributed by atoms with Crippen molar-refractivity contribution < 1.29 is 29.2 Å². The van der Waals surface area contributed by atoms with Crippen molar-refractivity contribution in [3.05, 3.63) is 56.1 Å². The quantitative estimate of drug-likeness (QED) is 0.475. The number of rotatable bonds is 6. The first-order valence-electron chi connectivity index (χ1n) is 8.52. The van der Waals surface area contributed by atoms with Crippen molar-refractivity contribution in [2.75, 3.05) is 13.7 Å². The lowest BCUT2D eigenvalue weighted by atomic mass is 10.1. The van der Waals surface area contributed by atoms with Gasteiger partial charge in [0.05, 0.1) is 18.2 Å². The Morgan fingerprint density at radius 1 is 1.33 bits per heavy atom. The van der Waals surface area contributed by atoms with E-state index >= 15 is 0 Å². The van der Waals surface area contributed by atoms with Crippen molar-refractivity contribution in [2.24, 2.45) is 0 Å². The third-order valence-corrected chi connectivity index (χ3v) is 4.40. The van der Waals surface area contributed by atoms with Gasteiger partial charge >= 0.3 is 17.7 Å². The van der Waals surface area contributed by atoms with Gasteiger partial charge in [-0.1, -0.05) is 11.6 Å². The first kappa shape index (κ1) is 21.6. The van der Waals surface area contributed by atoms with Crippen LogP contribution in [-0.4, -0.2) is 67.7 Å². The number of carbonyl (C=O) groups is 1. The third kappa shape index (κ3) is 4.41. The number of hydrogen-bond acceptors (Lipinski definition) is 10. The van der Waals surface area contributed by atoms with Crippen LogP contribution in [0.2, 0.25) is 0 Å². The molecular formula is C17H17ClN4O8. The first-order valence-corrected chi connectivity index (χ1v) is 8.96. The molecule has 2 aromatic rings. The predicted octanol–water partition coefficient (Wildman–Crippen LogP) is -0.979. The normalized spacial score (nSPS) is 23.6. The summed E-state index contributed by atoms with van der Waals surface area (Å²) in [5.41, 5.74) is -0.408. The van der Waals surface area contributed by atoms with Crippen molar-refractivity contribution in [1.82, 2.24) is 19.5 Å². The maximum Gasteiger partial charge on any atom is 0.341 e. The number of H-pyrrole nitrogens is 1. The highest BCUT2D eigenvalue weighted by molar-refractivity contribution is 6.27. The van der Waals surface area contributed by atoms with Crippen LogP contribution in [0, 0.1) is 0 Å². The maximum absolute atomic E-state index is 12.1. The maximum atomic E-state index is 12.1. The summed E-state index contributed by atoms with van der Waals surface area (Å²) in [5, 5.41) is 20.5. The lowest BCUT2D eigenvalue weighted by Crippen LogP contribution is -2.38. The number of nitrogens with zero attached hydrogens (tertiary/aromatic N) is 3. The van der Waals surface area contributed by atoms with E-state index in [1.54, 1.807) is 0 Å². The Balaban J connectivity index is 1.72. The van der Waals surface area contributed by atoms with E-state index in [1.165, 1.54) is 25.6 Å². The molecule has 1 fully saturated rings. The van der Waals surface area contributed by atoms with E-state index in [1.807, 2.05) is 0 Å². The molecule has 0 bridgehead atoms. The minimum atomic E-state index is -1.53. The lowest BCUT2D eigenvalue weighted by Gasteiger charge is -2.17. The molecule has 1 aliphatic heterocycles. The molecule has 12 nitrogen and oxygen atoms in total. The summed E-state index contributed by atoms with van der Waals surface area (Å²) in [6, 6.07) is 0.0711. The van der Waals surface area contributed by atoms with Gasteiger partial charge in [-0.15, -0.1) is 0 Å². The van der Waals surface area contributed by atoms with E-state index < -0.39 is 48.4 Å². The van der Waals surface area contributed by atoms with Gasteiger partial charge in [0, 0.05) is 24.1 Å². The minimum Gasteiger partial charge on any atom is -0.467 e. The van der Waals surface area contributed by atoms with Crippen LogP contribution < -0.4 is 16.0 Å². The van der Waals surface area contributed by atoms with Gasteiger partial charge in [0.25, 0.3) is 5.56 Å². The number of carbonyl (C=O) groups excluding carboxylic acids is 1. The van der Waals surface area contributed by atoms with Crippen molar-refractivity contribution in [1.29, 1.82) is 0 Å². The molecule has 4 atom stereocenters. The summed E-state index contributed by atoms with van der Waals surface area (Å²) in [7, 11) is 1.37. The van der Waals surface area contributed by atoms with Gasteiger partial charge in [-0.3, -0.25) is 14.3 Å². The van der Waals surface area contributed by atoms with Gasteiger partial charge < -0.3 is 24.4 Å². The third-order valence-electron chi connectivity index (χ3n) is 4.27. The van der Waals surface area contributed by atoms with Gasteiger partial charge in [-0.25, -0.2) is 19.6 Å². The molecule has 0 saturated carbocycles. The van der Waals surface area contributed by atoms with E-state index in [2.05, 4.69) is 15.0 Å². The Labute approximate surface area is 173 Å². The Hall–Kier alpha value is -3.06. The summed E-state index contributed by atoms with van der Waals surface area (Å²) in [5.74, 6) is -0.790. The second-order valence-corrected chi connectivity index (χ2v) is 6.40. The summed E-state index contributed by atoms with van der Waals surface area (Å²) in [4.78, 5) is 45.6. The molecule has 0 radical (unpaired) electrons. The Bertz CT molecular complexity index is 1050. The van der Waals surface area contributed by atoms with Crippen LogP contribution in [0.25, 0.3) is 6.08 Å². The fourth-order valence-corrected chi connectivity index (χ4v) is 2.88. The largest absolute Gasteiger partial charge is 0.467 e. The molecule has 3 heterocycles. The van der Waals surface area contributed by atoms with Gasteiger partial charge in [-0.2, -0.15) is 0 Å². The lowest BCUT2D eigenvalue weighted by molar-refractivity contribution is -0.0599. The molecule has 13 heteroatoms. The molecule has 3 N–H and O–H groups in total. The van der Waals surface area contributed by atoms with E-state index in [0.717, 1.165) is 16.3 Å². The number of ether oxygens (including phenoxy) is 3. The van der Waals surface area contributed by atoms with E-state index in [-0.39, 0.29) is 17.1 Å². The SMILES string of the molecule is COc1ncc(C(=O)OC[C@H]2O[C@@H](n3cc(/C=C/Cl)c(=O)[nH]c3=O)[C@@H](O)[C@@H]2O)cn1. The van der Waals surface area contributed by atoms with Crippen molar-refractivity contribution in [3.63, 3.8) is 0 Å². The molecular weight excluding hydrogens is 424 g/mol. The number of aromatic nitrogens is 4. The van der Waals surface area contributed by atoms with Gasteiger partial charge in [0.15, 0.2) is 6.23 Å². The molecule has 0 aliphatic carbocycles. The van der Waals surface area contributed by atoms with Crippen LogP contribution >= 0.6 is 11.6 Å². The summed E-state index contributed by atoms with van der Waals surface area (Å²) < 4.78 is 16.3. The second kappa shape index (κ2) is 9.17. The number of nitrogens with one attached hydrogen (secondary N) is 1. The summed E-state index contributed by atoms with van der Waals surface area (Å²) in [6.45, 7) is -0.424. The zero-order chi connectivity index (χ0) is 21.8. The number of aliphatic hydroxyl groups is 2. The monoisotopic (exact) mass is 440 g/mol. The van der Waals surface area contributed by atoms with Gasteiger partial charge in [0.2, 0.25) is 0 Å². The average molecular weight is 441 g/mol. The fourth-order valence-electron chi connectivity index (χ4n) is 2.74. The summed E-state index contributed by atoms with van der Waals surface area (Å²) in [6.07, 6.45) is -0.713. The fraction of sp³-hybridized carbons (Fsp3) is 0.353. The molecule has 30 heavy (non-hydrogen) atoms. The standard InChI is InChI=1S/C17H17ClN4O8/c1-28-16-19-4-9(5-20-16)15(26)29-7-10-11(23)12(24)14(30-10)22-6-8(2-3-18)13(25)21-17(22)27/h2-6,10-12,14,23-24H,7H2,1H3,(H,21,25,27)/b3-2+/t10-,11-,12+,14-/m1/s1. The Kier molecular flexibility index (Phi) is 6.62. The van der Waals surface area contributed by atoms with Crippen LogP contribution in [0.5, 0.6) is 6.01 Å². The number of aromatic amines is 1. The predicted molar refractivity (Wildman–Crippen MR) is 101 cm³/mol. The highest BCUT2D eigenvalue weighted by atomic mass is 35.5. The average Bonchev–Trinajstić information content (AvgIpc) is 3.02. The van der Waals surface area contributed by atoms with E-state index in [0.29, 0.717) is 0 Å². The zero-order valence-electron chi connectivity index (χ0n) is 15.5. The first-order chi connectivity index (χ1) is 14.3. The second-order valence-electron chi connectivity index (χ2n) is 6.15.